The van der Waals surface area contributed by atoms with E-state index in [0.717, 1.165) is 5.56 Å². The first-order valence-corrected chi connectivity index (χ1v) is 7.47. The van der Waals surface area contributed by atoms with E-state index in [1.54, 1.807) is 13.8 Å². The van der Waals surface area contributed by atoms with Gasteiger partial charge >= 0.3 is 6.03 Å². The molecule has 0 saturated carbocycles. The van der Waals surface area contributed by atoms with Crippen LogP contribution in [-0.2, 0) is 10.2 Å². The number of carbonyl (C=O) groups is 2. The van der Waals surface area contributed by atoms with Crippen LogP contribution in [0.25, 0.3) is 0 Å². The summed E-state index contributed by atoms with van der Waals surface area (Å²) in [6, 6.07) is 9.66. The molecule has 0 saturated heterocycles. The largest absolute Gasteiger partial charge is 0.369 e. The molecule has 3 amide bonds. The molecule has 0 spiro atoms. The number of rotatable bonds is 6. The predicted octanol–water partition coefficient (Wildman–Crippen LogP) is 2.16. The van der Waals surface area contributed by atoms with Crippen molar-refractivity contribution in [1.82, 2.24) is 10.6 Å². The summed E-state index contributed by atoms with van der Waals surface area (Å²) in [7, 11) is 0. The van der Waals surface area contributed by atoms with Gasteiger partial charge < -0.3 is 16.4 Å². The van der Waals surface area contributed by atoms with Gasteiger partial charge in [0.15, 0.2) is 0 Å². The predicted molar refractivity (Wildman–Crippen MR) is 88.4 cm³/mol. The van der Waals surface area contributed by atoms with Gasteiger partial charge in [-0.1, -0.05) is 44.2 Å². The van der Waals surface area contributed by atoms with Crippen molar-refractivity contribution in [3.05, 3.63) is 35.9 Å². The second kappa shape index (κ2) is 6.81. The van der Waals surface area contributed by atoms with Gasteiger partial charge in [-0.2, -0.15) is 0 Å². The molecular formula is C17H27N3O2. The number of hydrogen-bond acceptors (Lipinski definition) is 2. The smallest absolute Gasteiger partial charge is 0.315 e. The topological polar surface area (TPSA) is 84.2 Å². The van der Waals surface area contributed by atoms with E-state index in [1.807, 2.05) is 37.3 Å². The molecular weight excluding hydrogens is 278 g/mol. The Morgan fingerprint density at radius 3 is 2.18 bits per heavy atom. The van der Waals surface area contributed by atoms with Crippen molar-refractivity contribution < 1.29 is 9.59 Å². The van der Waals surface area contributed by atoms with E-state index >= 15 is 0 Å². The number of carbonyl (C=O) groups excluding carboxylic acids is 2. The zero-order valence-electron chi connectivity index (χ0n) is 14.1. The lowest BCUT2D eigenvalue weighted by molar-refractivity contribution is -0.125. The first-order chi connectivity index (χ1) is 10.1. The average molecular weight is 305 g/mol. The van der Waals surface area contributed by atoms with E-state index in [-0.39, 0.29) is 24.0 Å². The summed E-state index contributed by atoms with van der Waals surface area (Å²) < 4.78 is 0. The van der Waals surface area contributed by atoms with Crippen molar-refractivity contribution >= 4 is 11.9 Å². The lowest BCUT2D eigenvalue weighted by Gasteiger charge is -2.33. The summed E-state index contributed by atoms with van der Waals surface area (Å²) in [6.45, 7) is 9.74. The summed E-state index contributed by atoms with van der Waals surface area (Å²) in [5, 5.41) is 5.64. The molecule has 122 valence electrons. The maximum absolute atomic E-state index is 12.0. The fourth-order valence-electron chi connectivity index (χ4n) is 1.93. The number of hydrogen-bond donors (Lipinski definition) is 3. The maximum atomic E-state index is 12.0. The van der Waals surface area contributed by atoms with Crippen molar-refractivity contribution in [2.24, 2.45) is 11.1 Å². The normalized spacial score (nSPS) is 13.3. The fourth-order valence-corrected chi connectivity index (χ4v) is 1.93. The van der Waals surface area contributed by atoms with Crippen LogP contribution in [0.4, 0.5) is 4.79 Å². The Balaban J connectivity index is 2.63. The van der Waals surface area contributed by atoms with Crippen molar-refractivity contribution in [1.29, 1.82) is 0 Å². The molecule has 0 aliphatic rings. The van der Waals surface area contributed by atoms with Crippen LogP contribution in [0.15, 0.2) is 30.3 Å². The molecule has 0 bridgehead atoms. The SMILES string of the molecule is CC(NC(=O)NCC(C)(C)C(N)=O)C(C)(C)c1ccccc1. The second-order valence-electron chi connectivity index (χ2n) is 6.88. The molecule has 0 heterocycles. The number of amides is 3. The Hall–Kier alpha value is -2.04. The Bertz CT molecular complexity index is 524. The molecule has 5 nitrogen and oxygen atoms in total. The van der Waals surface area contributed by atoms with E-state index in [1.165, 1.54) is 0 Å². The van der Waals surface area contributed by atoms with Gasteiger partial charge in [-0.3, -0.25) is 4.79 Å². The molecule has 1 rings (SSSR count). The van der Waals surface area contributed by atoms with Crippen LogP contribution in [0.5, 0.6) is 0 Å². The number of nitrogens with two attached hydrogens (primary N) is 1. The lowest BCUT2D eigenvalue weighted by atomic mass is 9.78. The highest BCUT2D eigenvalue weighted by Gasteiger charge is 2.30. The van der Waals surface area contributed by atoms with Gasteiger partial charge in [0, 0.05) is 18.0 Å². The van der Waals surface area contributed by atoms with Crippen molar-refractivity contribution in [2.45, 2.75) is 46.1 Å². The molecule has 0 aliphatic carbocycles. The molecule has 1 unspecified atom stereocenters. The second-order valence-corrected chi connectivity index (χ2v) is 6.88. The molecule has 1 atom stereocenters. The van der Waals surface area contributed by atoms with Gasteiger partial charge in [0.1, 0.15) is 0 Å². The van der Waals surface area contributed by atoms with Crippen LogP contribution in [-0.4, -0.2) is 24.5 Å². The van der Waals surface area contributed by atoms with Crippen LogP contribution in [0.2, 0.25) is 0 Å². The molecule has 1 aromatic carbocycles. The summed E-state index contributed by atoms with van der Waals surface area (Å²) in [5.74, 6) is -0.439. The first kappa shape index (κ1) is 18.0. The zero-order valence-corrected chi connectivity index (χ0v) is 14.1. The van der Waals surface area contributed by atoms with Crippen LogP contribution < -0.4 is 16.4 Å². The fraction of sp³-hybridized carbons (Fsp3) is 0.529. The van der Waals surface area contributed by atoms with Crippen LogP contribution in [0, 0.1) is 5.41 Å². The molecule has 0 radical (unpaired) electrons. The summed E-state index contributed by atoms with van der Waals surface area (Å²) >= 11 is 0. The Morgan fingerprint density at radius 2 is 1.68 bits per heavy atom. The van der Waals surface area contributed by atoms with Crippen molar-refractivity contribution in [3.8, 4) is 0 Å². The molecule has 5 heteroatoms. The standard InChI is InChI=1S/C17H27N3O2/c1-12(17(4,5)13-9-7-6-8-10-13)20-15(22)19-11-16(2,3)14(18)21/h6-10,12H,11H2,1-5H3,(H2,18,21)(H2,19,20,22). The maximum Gasteiger partial charge on any atom is 0.315 e. The minimum absolute atomic E-state index is 0.0772. The quantitative estimate of drug-likeness (QED) is 0.752. The van der Waals surface area contributed by atoms with Crippen molar-refractivity contribution in [3.63, 3.8) is 0 Å². The molecule has 1 aromatic rings. The van der Waals surface area contributed by atoms with Gasteiger partial charge in [-0.15, -0.1) is 0 Å². The van der Waals surface area contributed by atoms with Gasteiger partial charge in [0.05, 0.1) is 5.41 Å². The van der Waals surface area contributed by atoms with E-state index in [2.05, 4.69) is 24.5 Å². The minimum Gasteiger partial charge on any atom is -0.369 e. The minimum atomic E-state index is -0.768. The number of nitrogens with one attached hydrogen (secondary N) is 2. The summed E-state index contributed by atoms with van der Waals surface area (Å²) in [5.41, 5.74) is 5.47. The molecule has 0 aromatic heterocycles. The highest BCUT2D eigenvalue weighted by atomic mass is 16.2. The third-order valence-corrected chi connectivity index (χ3v) is 4.31. The third-order valence-electron chi connectivity index (χ3n) is 4.31. The monoisotopic (exact) mass is 305 g/mol. The highest BCUT2D eigenvalue weighted by molar-refractivity contribution is 5.81. The van der Waals surface area contributed by atoms with E-state index < -0.39 is 11.3 Å². The molecule has 22 heavy (non-hydrogen) atoms. The number of benzene rings is 1. The number of primary amides is 1. The van der Waals surface area contributed by atoms with Gasteiger partial charge in [0.25, 0.3) is 0 Å². The highest BCUT2D eigenvalue weighted by Crippen LogP contribution is 2.26. The van der Waals surface area contributed by atoms with E-state index in [9.17, 15) is 9.59 Å². The van der Waals surface area contributed by atoms with Gasteiger partial charge in [-0.05, 0) is 26.3 Å². The van der Waals surface area contributed by atoms with Gasteiger partial charge in [-0.25, -0.2) is 4.79 Å². The molecule has 0 aliphatic heterocycles. The third kappa shape index (κ3) is 4.48. The number of urea groups is 1. The molecule has 0 fully saturated rings. The van der Waals surface area contributed by atoms with Crippen LogP contribution in [0.1, 0.15) is 40.2 Å². The van der Waals surface area contributed by atoms with E-state index in [4.69, 9.17) is 5.73 Å². The zero-order chi connectivity index (χ0) is 17.0. The Kier molecular flexibility index (Phi) is 5.58. The average Bonchev–Trinajstić information content (AvgIpc) is 2.46. The van der Waals surface area contributed by atoms with Gasteiger partial charge in [0.2, 0.25) is 5.91 Å². The first-order valence-electron chi connectivity index (χ1n) is 7.47. The van der Waals surface area contributed by atoms with E-state index in [0.29, 0.717) is 0 Å². The van der Waals surface area contributed by atoms with Crippen molar-refractivity contribution in [2.75, 3.05) is 6.54 Å². The Morgan fingerprint density at radius 1 is 1.14 bits per heavy atom. The Labute approximate surface area is 132 Å². The molecule has 4 N–H and O–H groups in total. The summed E-state index contributed by atoms with van der Waals surface area (Å²) in [6.07, 6.45) is 0. The summed E-state index contributed by atoms with van der Waals surface area (Å²) in [4.78, 5) is 23.3. The lowest BCUT2D eigenvalue weighted by Crippen LogP contribution is -2.51. The van der Waals surface area contributed by atoms with Crippen LogP contribution >= 0.6 is 0 Å². The van der Waals surface area contributed by atoms with Crippen LogP contribution in [0.3, 0.4) is 0 Å².